The van der Waals surface area contributed by atoms with Crippen molar-refractivity contribution in [2.75, 3.05) is 0 Å². The van der Waals surface area contributed by atoms with E-state index in [2.05, 4.69) is 5.10 Å². The fourth-order valence-electron chi connectivity index (χ4n) is 3.21. The predicted molar refractivity (Wildman–Crippen MR) is 72.9 cm³/mol. The van der Waals surface area contributed by atoms with Crippen LogP contribution in [0.4, 0.5) is 0 Å². The lowest BCUT2D eigenvalue weighted by molar-refractivity contribution is -0.161. The van der Waals surface area contributed by atoms with Crippen LogP contribution in [0.3, 0.4) is 0 Å². The molecule has 0 radical (unpaired) electrons. The standard InChI is InChI=1S/C14H17N3O4/c1-6-4-9(15-16(6)3)8-5-10-11(7(2)18)13(19)17(10)12(8)14(20)21/h4,7,10-11,18H,5H2,1-3H3,(H,20,21). The summed E-state index contributed by atoms with van der Waals surface area (Å²) in [6.07, 6.45) is -0.363. The number of carbonyl (C=O) groups excluding carboxylic acids is 1. The van der Waals surface area contributed by atoms with Gasteiger partial charge in [-0.3, -0.25) is 9.48 Å². The van der Waals surface area contributed by atoms with E-state index in [9.17, 15) is 19.8 Å². The molecule has 3 atom stereocenters. The van der Waals surface area contributed by atoms with Crippen LogP contribution in [0.2, 0.25) is 0 Å². The van der Waals surface area contributed by atoms with Gasteiger partial charge in [0.2, 0.25) is 5.91 Å². The van der Waals surface area contributed by atoms with Gasteiger partial charge in [-0.25, -0.2) is 4.79 Å². The Kier molecular flexibility index (Phi) is 2.91. The number of aliphatic hydroxyl groups excluding tert-OH is 1. The molecular formula is C14H17N3O4. The lowest BCUT2D eigenvalue weighted by Crippen LogP contribution is -2.61. The van der Waals surface area contributed by atoms with E-state index in [1.807, 2.05) is 13.0 Å². The molecule has 3 heterocycles. The van der Waals surface area contributed by atoms with Crippen molar-refractivity contribution >= 4 is 17.4 Å². The number of aliphatic carboxylic acids is 1. The highest BCUT2D eigenvalue weighted by molar-refractivity contribution is 6.05. The number of nitrogens with zero attached hydrogens (tertiary/aromatic N) is 3. The smallest absolute Gasteiger partial charge is 0.352 e. The van der Waals surface area contributed by atoms with E-state index in [-0.39, 0.29) is 17.6 Å². The lowest BCUT2D eigenvalue weighted by atomic mass is 9.83. The van der Waals surface area contributed by atoms with Crippen molar-refractivity contribution in [3.8, 4) is 0 Å². The summed E-state index contributed by atoms with van der Waals surface area (Å²) in [6, 6.07) is 1.53. The monoisotopic (exact) mass is 291 g/mol. The number of hydrogen-bond donors (Lipinski definition) is 2. The lowest BCUT2D eigenvalue weighted by Gasteiger charge is -2.44. The molecule has 0 aliphatic carbocycles. The Labute approximate surface area is 121 Å². The van der Waals surface area contributed by atoms with Gasteiger partial charge in [0.1, 0.15) is 5.70 Å². The number of carbonyl (C=O) groups is 2. The first-order valence-corrected chi connectivity index (χ1v) is 6.81. The van der Waals surface area contributed by atoms with Gasteiger partial charge in [0.25, 0.3) is 0 Å². The van der Waals surface area contributed by atoms with Crippen LogP contribution in [0, 0.1) is 12.8 Å². The Balaban J connectivity index is 2.04. The predicted octanol–water partition coefficient (Wildman–Crippen LogP) is 0.136. The molecule has 2 aliphatic heterocycles. The second-order valence-electron chi connectivity index (χ2n) is 5.67. The zero-order valence-corrected chi connectivity index (χ0v) is 12.1. The minimum absolute atomic E-state index is 0.000000000000000222. The summed E-state index contributed by atoms with van der Waals surface area (Å²) in [5.41, 5.74) is 2.06. The Bertz CT molecular complexity index is 654. The van der Waals surface area contributed by atoms with Crippen LogP contribution >= 0.6 is 0 Å². The SMILES string of the molecule is Cc1cc(C2=C(C(=O)O)N3C(=O)C(C(C)O)C3C2)nn1C. The number of amides is 1. The molecule has 3 unspecified atom stereocenters. The quantitative estimate of drug-likeness (QED) is 0.772. The highest BCUT2D eigenvalue weighted by Gasteiger charge is 2.57. The fraction of sp³-hybridized carbons (Fsp3) is 0.500. The zero-order chi connectivity index (χ0) is 15.5. The fourth-order valence-corrected chi connectivity index (χ4v) is 3.21. The van der Waals surface area contributed by atoms with Crippen LogP contribution in [-0.2, 0) is 16.6 Å². The van der Waals surface area contributed by atoms with Crippen molar-refractivity contribution in [1.29, 1.82) is 0 Å². The molecule has 0 aromatic carbocycles. The third-order valence-corrected chi connectivity index (χ3v) is 4.35. The number of fused-ring (bicyclic) bond motifs is 1. The number of rotatable bonds is 3. The molecule has 1 fully saturated rings. The molecule has 112 valence electrons. The van der Waals surface area contributed by atoms with Crippen molar-refractivity contribution in [3.63, 3.8) is 0 Å². The maximum absolute atomic E-state index is 12.1. The van der Waals surface area contributed by atoms with Gasteiger partial charge in [-0.05, 0) is 26.3 Å². The topological polar surface area (TPSA) is 95.7 Å². The average Bonchev–Trinajstić information content (AvgIpc) is 2.88. The van der Waals surface area contributed by atoms with Crippen LogP contribution in [0.1, 0.15) is 24.7 Å². The third kappa shape index (κ3) is 1.80. The Morgan fingerprint density at radius 1 is 1.52 bits per heavy atom. The highest BCUT2D eigenvalue weighted by atomic mass is 16.4. The van der Waals surface area contributed by atoms with Gasteiger partial charge < -0.3 is 15.1 Å². The summed E-state index contributed by atoms with van der Waals surface area (Å²) in [5, 5.41) is 23.4. The number of aryl methyl sites for hydroxylation is 2. The average molecular weight is 291 g/mol. The van der Waals surface area contributed by atoms with Gasteiger partial charge in [-0.15, -0.1) is 0 Å². The molecule has 2 aliphatic rings. The largest absolute Gasteiger partial charge is 0.477 e. The highest BCUT2D eigenvalue weighted by Crippen LogP contribution is 2.46. The van der Waals surface area contributed by atoms with Crippen LogP contribution in [0.25, 0.3) is 5.57 Å². The normalized spacial score (nSPS) is 25.9. The summed E-state index contributed by atoms with van der Waals surface area (Å²) in [5.74, 6) is -1.98. The molecule has 0 bridgehead atoms. The number of carboxylic acids is 1. The van der Waals surface area contributed by atoms with E-state index < -0.39 is 18.0 Å². The Morgan fingerprint density at radius 3 is 2.67 bits per heavy atom. The van der Waals surface area contributed by atoms with Crippen LogP contribution in [0.5, 0.6) is 0 Å². The van der Waals surface area contributed by atoms with Crippen molar-refractivity contribution in [2.45, 2.75) is 32.4 Å². The Morgan fingerprint density at radius 2 is 2.19 bits per heavy atom. The molecule has 21 heavy (non-hydrogen) atoms. The van der Waals surface area contributed by atoms with Crippen molar-refractivity contribution < 1.29 is 19.8 Å². The van der Waals surface area contributed by atoms with Gasteiger partial charge in [-0.1, -0.05) is 0 Å². The summed E-state index contributed by atoms with van der Waals surface area (Å²) in [7, 11) is 1.79. The molecule has 0 saturated carbocycles. The second-order valence-corrected chi connectivity index (χ2v) is 5.67. The van der Waals surface area contributed by atoms with Gasteiger partial charge in [0, 0.05) is 18.3 Å². The molecule has 0 spiro atoms. The maximum atomic E-state index is 12.1. The first-order valence-electron chi connectivity index (χ1n) is 6.81. The van der Waals surface area contributed by atoms with E-state index in [0.29, 0.717) is 17.7 Å². The molecule has 7 nitrogen and oxygen atoms in total. The van der Waals surface area contributed by atoms with E-state index in [4.69, 9.17) is 0 Å². The summed E-state index contributed by atoms with van der Waals surface area (Å²) >= 11 is 0. The van der Waals surface area contributed by atoms with E-state index >= 15 is 0 Å². The number of aliphatic hydroxyl groups is 1. The number of aromatic nitrogens is 2. The molecule has 7 heteroatoms. The minimum atomic E-state index is -1.13. The first kappa shape index (κ1) is 13.8. The van der Waals surface area contributed by atoms with E-state index in [1.165, 1.54) is 4.90 Å². The number of hydrogen-bond acceptors (Lipinski definition) is 4. The Hall–Kier alpha value is -2.15. The van der Waals surface area contributed by atoms with E-state index in [1.54, 1.807) is 18.7 Å². The van der Waals surface area contributed by atoms with Gasteiger partial charge in [0.15, 0.2) is 0 Å². The summed E-state index contributed by atoms with van der Waals surface area (Å²) in [4.78, 5) is 24.9. The van der Waals surface area contributed by atoms with Crippen LogP contribution < -0.4 is 0 Å². The molecule has 3 rings (SSSR count). The summed E-state index contributed by atoms with van der Waals surface area (Å²) in [6.45, 7) is 3.44. The molecular weight excluding hydrogens is 274 g/mol. The second kappa shape index (κ2) is 4.42. The first-order chi connectivity index (χ1) is 9.82. The van der Waals surface area contributed by atoms with Crippen LogP contribution in [-0.4, -0.2) is 48.9 Å². The van der Waals surface area contributed by atoms with Crippen LogP contribution in [0.15, 0.2) is 11.8 Å². The molecule has 1 amide bonds. The number of β-lactam (4-membered cyclic amide) rings is 1. The zero-order valence-electron chi connectivity index (χ0n) is 12.1. The third-order valence-electron chi connectivity index (χ3n) is 4.35. The molecule has 1 aromatic rings. The van der Waals surface area contributed by atoms with E-state index in [0.717, 1.165) is 5.69 Å². The van der Waals surface area contributed by atoms with Crippen molar-refractivity contribution in [1.82, 2.24) is 14.7 Å². The molecule has 1 aromatic heterocycles. The van der Waals surface area contributed by atoms with Crippen molar-refractivity contribution in [3.05, 3.63) is 23.2 Å². The summed E-state index contributed by atoms with van der Waals surface area (Å²) < 4.78 is 1.67. The van der Waals surface area contributed by atoms with Gasteiger partial charge in [0.05, 0.1) is 23.8 Å². The number of carboxylic acid groups (broad SMARTS) is 1. The minimum Gasteiger partial charge on any atom is -0.477 e. The molecule has 2 N–H and O–H groups in total. The van der Waals surface area contributed by atoms with Gasteiger partial charge >= 0.3 is 5.97 Å². The maximum Gasteiger partial charge on any atom is 0.352 e. The molecule has 1 saturated heterocycles. The van der Waals surface area contributed by atoms with Gasteiger partial charge in [-0.2, -0.15) is 5.10 Å². The van der Waals surface area contributed by atoms with Crippen molar-refractivity contribution in [2.24, 2.45) is 13.0 Å².